The number of hydrogen-bond acceptors (Lipinski definition) is 4. The first-order chi connectivity index (χ1) is 9.00. The van der Waals surface area contributed by atoms with E-state index in [0.717, 1.165) is 17.0 Å². The lowest BCUT2D eigenvalue weighted by molar-refractivity contribution is 0.0697. The highest BCUT2D eigenvalue weighted by molar-refractivity contribution is 5.92. The van der Waals surface area contributed by atoms with E-state index in [1.165, 1.54) is 6.07 Å². The molecule has 6 heteroatoms. The van der Waals surface area contributed by atoms with Crippen LogP contribution in [-0.2, 0) is 13.6 Å². The van der Waals surface area contributed by atoms with Crippen molar-refractivity contribution in [2.75, 3.05) is 5.32 Å². The van der Waals surface area contributed by atoms with Gasteiger partial charge in [-0.05, 0) is 26.0 Å². The molecule has 2 aromatic rings. The SMILES string of the molecule is Cc1nn(C)c(C)c1CNc1ncccc1C(=O)O. The van der Waals surface area contributed by atoms with E-state index in [4.69, 9.17) is 5.11 Å². The van der Waals surface area contributed by atoms with Crippen LogP contribution < -0.4 is 5.32 Å². The van der Waals surface area contributed by atoms with Crippen molar-refractivity contribution in [2.45, 2.75) is 20.4 Å². The van der Waals surface area contributed by atoms with Gasteiger partial charge in [0.05, 0.1) is 5.69 Å². The number of nitrogens with zero attached hydrogens (tertiary/aromatic N) is 3. The van der Waals surface area contributed by atoms with Crippen molar-refractivity contribution in [3.8, 4) is 0 Å². The van der Waals surface area contributed by atoms with E-state index < -0.39 is 5.97 Å². The topological polar surface area (TPSA) is 80.0 Å². The van der Waals surface area contributed by atoms with Gasteiger partial charge in [-0.25, -0.2) is 9.78 Å². The number of nitrogens with one attached hydrogen (secondary N) is 1. The lowest BCUT2D eigenvalue weighted by atomic mass is 10.2. The molecule has 0 bridgehead atoms. The fourth-order valence-electron chi connectivity index (χ4n) is 1.96. The molecule has 6 nitrogen and oxygen atoms in total. The number of pyridine rings is 1. The number of carboxylic acids is 1. The Morgan fingerprint density at radius 1 is 1.47 bits per heavy atom. The van der Waals surface area contributed by atoms with Crippen LogP contribution in [0, 0.1) is 13.8 Å². The molecule has 0 aliphatic carbocycles. The highest BCUT2D eigenvalue weighted by atomic mass is 16.4. The molecule has 2 heterocycles. The van der Waals surface area contributed by atoms with Crippen molar-refractivity contribution >= 4 is 11.8 Å². The summed E-state index contributed by atoms with van der Waals surface area (Å²) in [5, 5.41) is 16.5. The number of aryl methyl sites for hydroxylation is 2. The molecule has 100 valence electrons. The Balaban J connectivity index is 2.22. The van der Waals surface area contributed by atoms with Crippen molar-refractivity contribution in [2.24, 2.45) is 7.05 Å². The van der Waals surface area contributed by atoms with Gasteiger partial charge in [-0.1, -0.05) is 0 Å². The van der Waals surface area contributed by atoms with E-state index in [0.29, 0.717) is 12.4 Å². The van der Waals surface area contributed by atoms with Crippen molar-refractivity contribution in [3.63, 3.8) is 0 Å². The lowest BCUT2D eigenvalue weighted by Crippen LogP contribution is -2.09. The maximum atomic E-state index is 11.1. The number of carboxylic acid groups (broad SMARTS) is 1. The number of rotatable bonds is 4. The maximum absolute atomic E-state index is 11.1. The summed E-state index contributed by atoms with van der Waals surface area (Å²) < 4.78 is 1.81. The zero-order valence-electron chi connectivity index (χ0n) is 11.1. The Morgan fingerprint density at radius 2 is 2.21 bits per heavy atom. The summed E-state index contributed by atoms with van der Waals surface area (Å²) >= 11 is 0. The zero-order chi connectivity index (χ0) is 14.0. The van der Waals surface area contributed by atoms with Crippen LogP contribution in [-0.4, -0.2) is 25.8 Å². The van der Waals surface area contributed by atoms with E-state index >= 15 is 0 Å². The molecule has 0 atom stereocenters. The van der Waals surface area contributed by atoms with Gasteiger partial charge in [-0.2, -0.15) is 5.10 Å². The first-order valence-electron chi connectivity index (χ1n) is 5.92. The predicted octanol–water partition coefficient (Wildman–Crippen LogP) is 1.74. The zero-order valence-corrected chi connectivity index (χ0v) is 11.1. The van der Waals surface area contributed by atoms with E-state index in [9.17, 15) is 4.79 Å². The van der Waals surface area contributed by atoms with Crippen molar-refractivity contribution in [3.05, 3.63) is 40.8 Å². The Hall–Kier alpha value is -2.37. The van der Waals surface area contributed by atoms with Gasteiger partial charge < -0.3 is 10.4 Å². The number of aromatic carboxylic acids is 1. The van der Waals surface area contributed by atoms with Gasteiger partial charge in [0.15, 0.2) is 0 Å². The third kappa shape index (κ3) is 2.57. The molecule has 0 aliphatic rings. The monoisotopic (exact) mass is 260 g/mol. The van der Waals surface area contributed by atoms with E-state index in [2.05, 4.69) is 15.4 Å². The van der Waals surface area contributed by atoms with Gasteiger partial charge in [0.25, 0.3) is 0 Å². The number of hydrogen-bond donors (Lipinski definition) is 2. The quantitative estimate of drug-likeness (QED) is 0.875. The average Bonchev–Trinajstić information content (AvgIpc) is 2.61. The molecule has 2 N–H and O–H groups in total. The average molecular weight is 260 g/mol. The molecule has 0 fully saturated rings. The summed E-state index contributed by atoms with van der Waals surface area (Å²) in [6.45, 7) is 4.41. The molecule has 19 heavy (non-hydrogen) atoms. The number of aromatic nitrogens is 3. The van der Waals surface area contributed by atoms with Crippen molar-refractivity contribution in [1.29, 1.82) is 0 Å². The minimum Gasteiger partial charge on any atom is -0.478 e. The summed E-state index contributed by atoms with van der Waals surface area (Å²) in [5.74, 6) is -0.618. The van der Waals surface area contributed by atoms with Crippen LogP contribution in [0.25, 0.3) is 0 Å². The van der Waals surface area contributed by atoms with Crippen LogP contribution in [0.3, 0.4) is 0 Å². The molecule has 0 saturated heterocycles. The first-order valence-corrected chi connectivity index (χ1v) is 5.92. The van der Waals surface area contributed by atoms with E-state index in [1.807, 2.05) is 25.6 Å². The lowest BCUT2D eigenvalue weighted by Gasteiger charge is -2.08. The van der Waals surface area contributed by atoms with Gasteiger partial charge >= 0.3 is 5.97 Å². The fourth-order valence-corrected chi connectivity index (χ4v) is 1.96. The second-order valence-electron chi connectivity index (χ2n) is 4.33. The molecule has 0 unspecified atom stereocenters. The third-order valence-electron chi connectivity index (χ3n) is 3.13. The maximum Gasteiger partial charge on any atom is 0.339 e. The number of carbonyl (C=O) groups is 1. The van der Waals surface area contributed by atoms with Crippen molar-refractivity contribution in [1.82, 2.24) is 14.8 Å². The standard InChI is InChI=1S/C13H16N4O2/c1-8-11(9(2)17(3)16-8)7-15-12-10(13(18)19)5-4-6-14-12/h4-6H,7H2,1-3H3,(H,14,15)(H,18,19). The van der Waals surface area contributed by atoms with Gasteiger partial charge in [-0.15, -0.1) is 0 Å². The van der Waals surface area contributed by atoms with E-state index in [-0.39, 0.29) is 5.56 Å². The molecule has 0 radical (unpaired) electrons. The Bertz CT molecular complexity index is 619. The van der Waals surface area contributed by atoms with Gasteiger partial charge in [0, 0.05) is 31.0 Å². The first kappa shape index (κ1) is 13.1. The molecule has 0 amide bonds. The van der Waals surface area contributed by atoms with Crippen LogP contribution in [0.4, 0.5) is 5.82 Å². The normalized spacial score (nSPS) is 10.5. The molecular formula is C13H16N4O2. The summed E-state index contributed by atoms with van der Waals surface area (Å²) in [6, 6.07) is 3.13. The molecule has 2 aromatic heterocycles. The molecular weight excluding hydrogens is 244 g/mol. The Kier molecular flexibility index (Phi) is 3.50. The molecule has 2 rings (SSSR count). The number of anilines is 1. The van der Waals surface area contributed by atoms with Crippen LogP contribution >= 0.6 is 0 Å². The fraction of sp³-hybridized carbons (Fsp3) is 0.308. The summed E-state index contributed by atoms with van der Waals surface area (Å²) in [6.07, 6.45) is 1.57. The third-order valence-corrected chi connectivity index (χ3v) is 3.13. The second-order valence-corrected chi connectivity index (χ2v) is 4.33. The summed E-state index contributed by atoms with van der Waals surface area (Å²) in [5.41, 5.74) is 3.21. The molecule has 0 aromatic carbocycles. The largest absolute Gasteiger partial charge is 0.478 e. The summed E-state index contributed by atoms with van der Waals surface area (Å²) in [7, 11) is 1.88. The van der Waals surface area contributed by atoms with Crippen LogP contribution in [0.5, 0.6) is 0 Å². The smallest absolute Gasteiger partial charge is 0.339 e. The molecule has 0 saturated carbocycles. The van der Waals surface area contributed by atoms with E-state index in [1.54, 1.807) is 12.3 Å². The highest BCUT2D eigenvalue weighted by Gasteiger charge is 2.13. The van der Waals surface area contributed by atoms with Crippen LogP contribution in [0.1, 0.15) is 27.3 Å². The minimum atomic E-state index is -0.991. The second kappa shape index (κ2) is 5.09. The highest BCUT2D eigenvalue weighted by Crippen LogP contribution is 2.16. The predicted molar refractivity (Wildman–Crippen MR) is 71.2 cm³/mol. The summed E-state index contributed by atoms with van der Waals surface area (Å²) in [4.78, 5) is 15.1. The minimum absolute atomic E-state index is 0.168. The van der Waals surface area contributed by atoms with Crippen LogP contribution in [0.2, 0.25) is 0 Å². The van der Waals surface area contributed by atoms with Crippen molar-refractivity contribution < 1.29 is 9.90 Å². The molecule has 0 spiro atoms. The Labute approximate surface area is 111 Å². The van der Waals surface area contributed by atoms with Gasteiger partial charge in [0.2, 0.25) is 0 Å². The molecule has 0 aliphatic heterocycles. The van der Waals surface area contributed by atoms with Crippen LogP contribution in [0.15, 0.2) is 18.3 Å². The van der Waals surface area contributed by atoms with Gasteiger partial charge in [0.1, 0.15) is 11.4 Å². The van der Waals surface area contributed by atoms with Gasteiger partial charge in [-0.3, -0.25) is 4.68 Å². The Morgan fingerprint density at radius 3 is 2.79 bits per heavy atom.